The van der Waals surface area contributed by atoms with Gasteiger partial charge in [0.2, 0.25) is 5.82 Å². The predicted molar refractivity (Wildman–Crippen MR) is 77.4 cm³/mol. The van der Waals surface area contributed by atoms with Gasteiger partial charge in [0, 0.05) is 0 Å². The first-order chi connectivity index (χ1) is 10.6. The van der Waals surface area contributed by atoms with Crippen molar-refractivity contribution in [3.8, 4) is 17.3 Å². The summed E-state index contributed by atoms with van der Waals surface area (Å²) < 4.78 is 20.1. The van der Waals surface area contributed by atoms with Crippen LogP contribution in [0, 0.1) is 5.82 Å². The molecule has 0 spiro atoms. The molecule has 0 aliphatic heterocycles. The van der Waals surface area contributed by atoms with Crippen molar-refractivity contribution in [1.82, 2.24) is 14.8 Å². The summed E-state index contributed by atoms with van der Waals surface area (Å²) in [5, 5.41) is 17.3. The van der Waals surface area contributed by atoms with Crippen LogP contribution < -0.4 is 0 Å². The topological polar surface area (TPSA) is 81.2 Å². The molecule has 3 rings (SSSR count). The lowest BCUT2D eigenvalue weighted by Crippen LogP contribution is -2.03. The second kappa shape index (κ2) is 6.02. The highest BCUT2D eigenvalue weighted by Crippen LogP contribution is 2.28. The van der Waals surface area contributed by atoms with E-state index >= 15 is 0 Å². The molecule has 8 heteroatoms. The monoisotopic (exact) mass is 319 g/mol. The molecule has 0 fully saturated rings. The second-order valence-corrected chi connectivity index (χ2v) is 5.22. The summed E-state index contributed by atoms with van der Waals surface area (Å²) >= 11 is 1.03. The summed E-state index contributed by atoms with van der Waals surface area (Å²) in [6.45, 7) is 0. The number of halogens is 1. The molecule has 112 valence electrons. The number of carboxylic acid groups (broad SMARTS) is 1. The van der Waals surface area contributed by atoms with Gasteiger partial charge in [-0.15, -0.1) is 10.2 Å². The minimum atomic E-state index is -0.960. The molecule has 0 saturated heterocycles. The van der Waals surface area contributed by atoms with Crippen molar-refractivity contribution in [2.75, 3.05) is 5.75 Å². The third-order valence-electron chi connectivity index (χ3n) is 2.78. The van der Waals surface area contributed by atoms with E-state index in [4.69, 9.17) is 9.52 Å². The Balaban J connectivity index is 2.08. The first-order valence-corrected chi connectivity index (χ1v) is 7.23. The Labute approximate surface area is 128 Å². The number of carboxylic acids is 1. The van der Waals surface area contributed by atoms with Gasteiger partial charge in [-0.1, -0.05) is 11.8 Å². The van der Waals surface area contributed by atoms with Crippen molar-refractivity contribution in [3.63, 3.8) is 0 Å². The van der Waals surface area contributed by atoms with Gasteiger partial charge in [0.05, 0.1) is 17.7 Å². The van der Waals surface area contributed by atoms with Crippen LogP contribution in [0.1, 0.15) is 0 Å². The molecule has 0 aliphatic rings. The number of benzene rings is 1. The fourth-order valence-electron chi connectivity index (χ4n) is 1.88. The zero-order chi connectivity index (χ0) is 15.5. The molecule has 0 unspecified atom stereocenters. The number of aromatic nitrogens is 3. The Morgan fingerprint density at radius 3 is 2.68 bits per heavy atom. The lowest BCUT2D eigenvalue weighted by atomic mass is 10.3. The lowest BCUT2D eigenvalue weighted by molar-refractivity contribution is -0.133. The standard InChI is InChI=1S/C14H10FN3O3S/c15-9-3-5-10(6-4-9)18-13(11-2-1-7-21-11)16-17-14(18)22-8-12(19)20/h1-7H,8H2,(H,19,20). The predicted octanol–water partition coefficient (Wildman–Crippen LogP) is 2.84. The van der Waals surface area contributed by atoms with E-state index in [9.17, 15) is 9.18 Å². The Morgan fingerprint density at radius 2 is 2.05 bits per heavy atom. The van der Waals surface area contributed by atoms with Crippen LogP contribution in [0.25, 0.3) is 17.3 Å². The van der Waals surface area contributed by atoms with Gasteiger partial charge in [-0.3, -0.25) is 9.36 Å². The molecule has 2 heterocycles. The molecule has 22 heavy (non-hydrogen) atoms. The van der Waals surface area contributed by atoms with E-state index in [0.717, 1.165) is 11.8 Å². The van der Waals surface area contributed by atoms with E-state index < -0.39 is 5.97 Å². The maximum absolute atomic E-state index is 13.1. The summed E-state index contributed by atoms with van der Waals surface area (Å²) in [7, 11) is 0. The molecule has 6 nitrogen and oxygen atoms in total. The van der Waals surface area contributed by atoms with Crippen LogP contribution in [0.5, 0.6) is 0 Å². The summed E-state index contributed by atoms with van der Waals surface area (Å²) in [5.74, 6) is -0.574. The fraction of sp³-hybridized carbons (Fsp3) is 0.0714. The Bertz CT molecular complexity index is 784. The van der Waals surface area contributed by atoms with Crippen LogP contribution in [0.2, 0.25) is 0 Å². The number of rotatable bonds is 5. The maximum atomic E-state index is 13.1. The second-order valence-electron chi connectivity index (χ2n) is 4.28. The summed E-state index contributed by atoms with van der Waals surface area (Å²) in [6, 6.07) is 9.18. The normalized spacial score (nSPS) is 10.8. The molecule has 2 aromatic heterocycles. The fourth-order valence-corrected chi connectivity index (χ4v) is 2.55. The molecule has 0 aliphatic carbocycles. The van der Waals surface area contributed by atoms with E-state index in [2.05, 4.69) is 10.2 Å². The van der Waals surface area contributed by atoms with Crippen molar-refractivity contribution in [1.29, 1.82) is 0 Å². The smallest absolute Gasteiger partial charge is 0.313 e. The molecule has 0 saturated carbocycles. The molecule has 0 atom stereocenters. The van der Waals surface area contributed by atoms with E-state index in [1.165, 1.54) is 18.4 Å². The van der Waals surface area contributed by atoms with Crippen LogP contribution in [0.3, 0.4) is 0 Å². The molecule has 0 bridgehead atoms. The van der Waals surface area contributed by atoms with E-state index in [0.29, 0.717) is 22.4 Å². The summed E-state index contributed by atoms with van der Waals surface area (Å²) in [6.07, 6.45) is 1.50. The quantitative estimate of drug-likeness (QED) is 0.728. The molecular formula is C14H10FN3O3S. The van der Waals surface area contributed by atoms with Gasteiger partial charge >= 0.3 is 5.97 Å². The summed E-state index contributed by atoms with van der Waals surface area (Å²) in [4.78, 5) is 10.8. The van der Waals surface area contributed by atoms with Crippen LogP contribution in [0.15, 0.2) is 52.2 Å². The van der Waals surface area contributed by atoms with Gasteiger partial charge in [-0.05, 0) is 36.4 Å². The summed E-state index contributed by atoms with van der Waals surface area (Å²) in [5.41, 5.74) is 0.616. The van der Waals surface area contributed by atoms with Gasteiger partial charge in [-0.25, -0.2) is 4.39 Å². The van der Waals surface area contributed by atoms with Gasteiger partial charge in [0.15, 0.2) is 10.9 Å². The van der Waals surface area contributed by atoms with Crippen LogP contribution in [-0.4, -0.2) is 31.6 Å². The van der Waals surface area contributed by atoms with Gasteiger partial charge in [0.25, 0.3) is 0 Å². The minimum Gasteiger partial charge on any atom is -0.481 e. The van der Waals surface area contributed by atoms with E-state index in [1.807, 2.05) is 0 Å². The third-order valence-corrected chi connectivity index (χ3v) is 3.70. The molecule has 1 aromatic carbocycles. The van der Waals surface area contributed by atoms with Gasteiger partial charge in [-0.2, -0.15) is 0 Å². The van der Waals surface area contributed by atoms with Crippen molar-refractivity contribution in [2.24, 2.45) is 0 Å². The van der Waals surface area contributed by atoms with Crippen molar-refractivity contribution < 1.29 is 18.7 Å². The van der Waals surface area contributed by atoms with Crippen LogP contribution >= 0.6 is 11.8 Å². The number of carbonyl (C=O) groups is 1. The first-order valence-electron chi connectivity index (χ1n) is 6.25. The zero-order valence-electron chi connectivity index (χ0n) is 11.1. The molecule has 0 amide bonds. The number of nitrogens with zero attached hydrogens (tertiary/aromatic N) is 3. The van der Waals surface area contributed by atoms with Crippen molar-refractivity contribution in [2.45, 2.75) is 5.16 Å². The van der Waals surface area contributed by atoms with Crippen molar-refractivity contribution >= 4 is 17.7 Å². The first kappa shape index (κ1) is 14.3. The Morgan fingerprint density at radius 1 is 1.27 bits per heavy atom. The zero-order valence-corrected chi connectivity index (χ0v) is 12.0. The lowest BCUT2D eigenvalue weighted by Gasteiger charge is -2.08. The van der Waals surface area contributed by atoms with E-state index in [-0.39, 0.29) is 11.6 Å². The SMILES string of the molecule is O=C(O)CSc1nnc(-c2ccco2)n1-c1ccc(F)cc1. The largest absolute Gasteiger partial charge is 0.481 e. The Kier molecular flexibility index (Phi) is 3.92. The average molecular weight is 319 g/mol. The number of hydrogen-bond donors (Lipinski definition) is 1. The highest BCUT2D eigenvalue weighted by atomic mass is 32.2. The van der Waals surface area contributed by atoms with E-state index in [1.54, 1.807) is 28.8 Å². The highest BCUT2D eigenvalue weighted by Gasteiger charge is 2.18. The van der Waals surface area contributed by atoms with Crippen molar-refractivity contribution in [3.05, 3.63) is 48.5 Å². The highest BCUT2D eigenvalue weighted by molar-refractivity contribution is 7.99. The molecule has 0 radical (unpaired) electrons. The Hall–Kier alpha value is -2.61. The maximum Gasteiger partial charge on any atom is 0.313 e. The van der Waals surface area contributed by atoms with Crippen LogP contribution in [0.4, 0.5) is 4.39 Å². The number of thioether (sulfide) groups is 1. The number of furan rings is 1. The van der Waals surface area contributed by atoms with Crippen LogP contribution in [-0.2, 0) is 4.79 Å². The average Bonchev–Trinajstić information content (AvgIpc) is 3.15. The molecular weight excluding hydrogens is 309 g/mol. The number of aliphatic carboxylic acids is 1. The molecule has 3 aromatic rings. The third kappa shape index (κ3) is 2.86. The van der Waals surface area contributed by atoms with Gasteiger partial charge < -0.3 is 9.52 Å². The number of hydrogen-bond acceptors (Lipinski definition) is 5. The molecule has 1 N–H and O–H groups in total. The minimum absolute atomic E-state index is 0.155. The van der Waals surface area contributed by atoms with Gasteiger partial charge in [0.1, 0.15) is 5.82 Å².